The summed E-state index contributed by atoms with van der Waals surface area (Å²) in [5, 5.41) is 0.971. The van der Waals surface area contributed by atoms with Crippen molar-refractivity contribution in [3.8, 4) is 0 Å². The number of Topliss-reactive ketones (excluding diaryl/α,β-unsaturated/α-hetero) is 1. The lowest BCUT2D eigenvalue weighted by atomic mass is 9.90. The molecule has 0 radical (unpaired) electrons. The molecule has 0 saturated carbocycles. The summed E-state index contributed by atoms with van der Waals surface area (Å²) in [6, 6.07) is 15.7. The molecule has 6 rings (SSSR count). The Labute approximate surface area is 315 Å². The summed E-state index contributed by atoms with van der Waals surface area (Å²) in [7, 11) is 0. The van der Waals surface area contributed by atoms with E-state index in [-0.39, 0.29) is 30.9 Å². The molecule has 0 N–H and O–H groups in total. The number of carbonyl (C=O) groups excluding carboxylic acids is 2. The topological polar surface area (TPSA) is 47.1 Å². The summed E-state index contributed by atoms with van der Waals surface area (Å²) < 4.78 is 81.9. The molecule has 53 heavy (non-hydrogen) atoms. The van der Waals surface area contributed by atoms with Gasteiger partial charge in [-0.1, -0.05) is 59.6 Å². The lowest BCUT2D eigenvalue weighted by molar-refractivity contribution is -0.143. The van der Waals surface area contributed by atoms with Gasteiger partial charge in [-0.05, 0) is 80.1 Å². The van der Waals surface area contributed by atoms with Crippen molar-refractivity contribution in [3.05, 3.63) is 105 Å². The van der Waals surface area contributed by atoms with Gasteiger partial charge in [-0.2, -0.15) is 26.3 Å². The van der Waals surface area contributed by atoms with E-state index in [2.05, 4.69) is 14.7 Å². The molecule has 3 aliphatic rings. The van der Waals surface area contributed by atoms with Gasteiger partial charge >= 0.3 is 12.4 Å². The highest BCUT2D eigenvalue weighted by atomic mass is 35.5. The van der Waals surface area contributed by atoms with Crippen LogP contribution in [0.25, 0.3) is 0 Å². The van der Waals surface area contributed by atoms with Crippen LogP contribution >= 0.6 is 23.2 Å². The second-order valence-corrected chi connectivity index (χ2v) is 15.1. The number of piperidine rings is 2. The minimum absolute atomic E-state index is 0.0489. The standard InChI is InChI=1S/C39H42Cl2F6N4O2/c40-35-9-4-10-36(41)34(35)23-33(52)25-48-12-5-8-31(24-48)50-16-14-49(15-17-50)30-11-13-51(32(22-30)18-26-6-2-1-3-7-26)37(53)27-19-28(38(42,43)44)21-29(20-27)39(45,46)47/h1-4,6-7,9-10,19-21,30-32H,5,8,11-18,22-25H2. The van der Waals surface area contributed by atoms with Crippen molar-refractivity contribution < 1.29 is 35.9 Å². The Balaban J connectivity index is 1.09. The number of rotatable bonds is 9. The Hall–Kier alpha value is -3.16. The second-order valence-electron chi connectivity index (χ2n) is 14.3. The molecule has 0 aliphatic carbocycles. The minimum Gasteiger partial charge on any atom is -0.335 e. The van der Waals surface area contributed by atoms with E-state index >= 15 is 0 Å². The van der Waals surface area contributed by atoms with Crippen molar-refractivity contribution in [1.29, 1.82) is 0 Å². The van der Waals surface area contributed by atoms with Gasteiger partial charge in [-0.3, -0.25) is 24.3 Å². The average molecular weight is 784 g/mol. The van der Waals surface area contributed by atoms with E-state index in [1.165, 1.54) is 4.90 Å². The van der Waals surface area contributed by atoms with Gasteiger partial charge in [0.15, 0.2) is 5.78 Å². The molecule has 0 aromatic heterocycles. The van der Waals surface area contributed by atoms with Crippen LogP contribution in [0.2, 0.25) is 10.0 Å². The van der Waals surface area contributed by atoms with Crippen LogP contribution < -0.4 is 0 Å². The molecular weight excluding hydrogens is 741 g/mol. The number of alkyl halides is 6. The first kappa shape index (κ1) is 39.5. The maximum absolute atomic E-state index is 13.8. The van der Waals surface area contributed by atoms with Gasteiger partial charge in [0.25, 0.3) is 5.91 Å². The third-order valence-corrected chi connectivity index (χ3v) is 11.5. The van der Waals surface area contributed by atoms with E-state index in [1.54, 1.807) is 18.2 Å². The molecule has 3 aromatic rings. The summed E-state index contributed by atoms with van der Waals surface area (Å²) in [6.45, 7) is 5.41. The fourth-order valence-corrected chi connectivity index (χ4v) is 8.63. The molecule has 3 fully saturated rings. The third-order valence-electron chi connectivity index (χ3n) is 10.8. The maximum atomic E-state index is 13.8. The highest BCUT2D eigenvalue weighted by Gasteiger charge is 2.40. The Kier molecular flexibility index (Phi) is 12.4. The number of nitrogens with zero attached hydrogens (tertiary/aromatic N) is 4. The molecule has 3 saturated heterocycles. The molecule has 3 heterocycles. The minimum atomic E-state index is -5.05. The number of amides is 1. The number of ketones is 1. The molecule has 3 aliphatic heterocycles. The van der Waals surface area contributed by atoms with Gasteiger partial charge < -0.3 is 4.90 Å². The number of likely N-dealkylation sites (tertiary alicyclic amines) is 2. The molecular formula is C39H42Cl2F6N4O2. The first-order chi connectivity index (χ1) is 25.2. The normalized spacial score (nSPS) is 22.6. The second kappa shape index (κ2) is 16.7. The molecule has 286 valence electrons. The van der Waals surface area contributed by atoms with Crippen LogP contribution in [0.1, 0.15) is 58.3 Å². The van der Waals surface area contributed by atoms with Crippen LogP contribution in [0.5, 0.6) is 0 Å². The smallest absolute Gasteiger partial charge is 0.335 e. The van der Waals surface area contributed by atoms with Crippen LogP contribution in [-0.2, 0) is 30.0 Å². The van der Waals surface area contributed by atoms with E-state index in [0.717, 1.165) is 57.7 Å². The van der Waals surface area contributed by atoms with E-state index < -0.39 is 41.0 Å². The van der Waals surface area contributed by atoms with Gasteiger partial charge in [-0.25, -0.2) is 0 Å². The van der Waals surface area contributed by atoms with Crippen LogP contribution in [0.15, 0.2) is 66.7 Å². The quantitative estimate of drug-likeness (QED) is 0.205. The van der Waals surface area contributed by atoms with Crippen molar-refractivity contribution in [1.82, 2.24) is 19.6 Å². The molecule has 0 bridgehead atoms. The van der Waals surface area contributed by atoms with E-state index in [4.69, 9.17) is 23.2 Å². The SMILES string of the molecule is O=C(Cc1c(Cl)cccc1Cl)CN1CCCC(N2CCN(C3CCN(C(=O)c4cc(C(F)(F)F)cc(C(F)(F)F)c4)C(Cc4ccccc4)C3)CC2)C1. The number of hydrogen-bond acceptors (Lipinski definition) is 5. The molecule has 14 heteroatoms. The van der Waals surface area contributed by atoms with Crippen LogP contribution in [0.3, 0.4) is 0 Å². The number of piperazine rings is 1. The number of hydrogen-bond donors (Lipinski definition) is 0. The molecule has 3 unspecified atom stereocenters. The molecule has 3 atom stereocenters. The predicted molar refractivity (Wildman–Crippen MR) is 192 cm³/mol. The molecule has 0 spiro atoms. The van der Waals surface area contributed by atoms with Crippen LogP contribution in [-0.4, -0.2) is 102 Å². The van der Waals surface area contributed by atoms with E-state index in [0.29, 0.717) is 59.6 Å². The highest BCUT2D eigenvalue weighted by Crippen LogP contribution is 2.37. The van der Waals surface area contributed by atoms with Gasteiger partial charge in [0, 0.05) is 79.4 Å². The largest absolute Gasteiger partial charge is 0.416 e. The fourth-order valence-electron chi connectivity index (χ4n) is 8.10. The van der Waals surface area contributed by atoms with Gasteiger partial charge in [0.1, 0.15) is 0 Å². The summed E-state index contributed by atoms with van der Waals surface area (Å²) in [6.07, 6.45) is -6.38. The van der Waals surface area contributed by atoms with Crippen molar-refractivity contribution in [2.45, 2.75) is 69.0 Å². The fraction of sp³-hybridized carbons (Fsp3) is 0.487. The first-order valence-electron chi connectivity index (χ1n) is 17.9. The first-order valence-corrected chi connectivity index (χ1v) is 18.7. The van der Waals surface area contributed by atoms with Crippen LogP contribution in [0, 0.1) is 0 Å². The van der Waals surface area contributed by atoms with Crippen molar-refractivity contribution in [2.24, 2.45) is 0 Å². The Bertz CT molecular complexity index is 1700. The number of carbonyl (C=O) groups is 2. The zero-order valence-electron chi connectivity index (χ0n) is 29.1. The monoisotopic (exact) mass is 782 g/mol. The van der Waals surface area contributed by atoms with Crippen molar-refractivity contribution in [3.63, 3.8) is 0 Å². The van der Waals surface area contributed by atoms with Crippen LogP contribution in [0.4, 0.5) is 26.3 Å². The summed E-state index contributed by atoms with van der Waals surface area (Å²) in [4.78, 5) is 35.3. The lowest BCUT2D eigenvalue weighted by Gasteiger charge is -2.48. The summed E-state index contributed by atoms with van der Waals surface area (Å²) in [5.41, 5.74) is -2.04. The number of benzene rings is 3. The highest BCUT2D eigenvalue weighted by molar-refractivity contribution is 6.36. The van der Waals surface area contributed by atoms with Gasteiger partial charge in [0.2, 0.25) is 0 Å². The molecule has 6 nitrogen and oxygen atoms in total. The maximum Gasteiger partial charge on any atom is 0.416 e. The van der Waals surface area contributed by atoms with Crippen molar-refractivity contribution in [2.75, 3.05) is 52.4 Å². The Morgan fingerprint density at radius 3 is 1.92 bits per heavy atom. The van der Waals surface area contributed by atoms with Gasteiger partial charge in [0.05, 0.1) is 17.7 Å². The van der Waals surface area contributed by atoms with E-state index in [1.807, 2.05) is 30.3 Å². The zero-order valence-corrected chi connectivity index (χ0v) is 30.6. The number of halogens is 8. The van der Waals surface area contributed by atoms with E-state index in [9.17, 15) is 35.9 Å². The Morgan fingerprint density at radius 2 is 1.32 bits per heavy atom. The molecule has 3 aromatic carbocycles. The lowest BCUT2D eigenvalue weighted by Crippen LogP contribution is -2.59. The average Bonchev–Trinajstić information content (AvgIpc) is 3.12. The van der Waals surface area contributed by atoms with Crippen molar-refractivity contribution >= 4 is 34.9 Å². The zero-order chi connectivity index (χ0) is 37.9. The third kappa shape index (κ3) is 9.94. The van der Waals surface area contributed by atoms with Gasteiger partial charge in [-0.15, -0.1) is 0 Å². The Morgan fingerprint density at radius 1 is 0.717 bits per heavy atom. The summed E-state index contributed by atoms with van der Waals surface area (Å²) >= 11 is 12.6. The predicted octanol–water partition coefficient (Wildman–Crippen LogP) is 8.14. The summed E-state index contributed by atoms with van der Waals surface area (Å²) in [5.74, 6) is -0.768. The molecule has 1 amide bonds.